The number of primary amides is 1. The van der Waals surface area contributed by atoms with Crippen molar-refractivity contribution in [2.75, 3.05) is 56.0 Å². The number of hydrogen-bond donors (Lipinski definition) is 6. The van der Waals surface area contributed by atoms with Gasteiger partial charge in [-0.05, 0) is 75.9 Å². The van der Waals surface area contributed by atoms with Crippen LogP contribution in [0.25, 0.3) is 10.9 Å². The van der Waals surface area contributed by atoms with Gasteiger partial charge in [0.05, 0.1) is 22.7 Å². The molecule has 316 valence electrons. The van der Waals surface area contributed by atoms with Crippen LogP contribution in [0, 0.1) is 11.2 Å². The van der Waals surface area contributed by atoms with E-state index in [4.69, 9.17) is 10.5 Å². The summed E-state index contributed by atoms with van der Waals surface area (Å²) in [6.07, 6.45) is 2.18. The van der Waals surface area contributed by atoms with Crippen LogP contribution in [-0.4, -0.2) is 90.4 Å². The number of ether oxygens (including phenoxy) is 1. The second kappa shape index (κ2) is 20.0. The van der Waals surface area contributed by atoms with Gasteiger partial charge in [-0.3, -0.25) is 9.59 Å². The number of piperazine rings is 1. The Morgan fingerprint density at radius 1 is 1.00 bits per heavy atom. The van der Waals surface area contributed by atoms with Gasteiger partial charge in [0.1, 0.15) is 18.0 Å². The summed E-state index contributed by atoms with van der Waals surface area (Å²) in [5, 5.41) is 22.2. The Morgan fingerprint density at radius 2 is 1.69 bits per heavy atom. The molecular weight excluding hydrogens is 760 g/mol. The van der Waals surface area contributed by atoms with Crippen molar-refractivity contribution in [2.24, 2.45) is 11.1 Å². The molecule has 2 atom stereocenters. The molecule has 59 heavy (non-hydrogen) atoms. The van der Waals surface area contributed by atoms with Gasteiger partial charge in [0.2, 0.25) is 11.3 Å². The summed E-state index contributed by atoms with van der Waals surface area (Å²) in [7, 11) is 0. The molecule has 15 nitrogen and oxygen atoms in total. The average Bonchev–Trinajstić information content (AvgIpc) is 3.22. The van der Waals surface area contributed by atoms with Gasteiger partial charge in [0.25, 0.3) is 0 Å². The predicted molar refractivity (Wildman–Crippen MR) is 225 cm³/mol. The molecule has 3 aromatic carbocycles. The van der Waals surface area contributed by atoms with E-state index in [1.807, 2.05) is 82.3 Å². The Kier molecular flexibility index (Phi) is 14.9. The van der Waals surface area contributed by atoms with Crippen LogP contribution in [0.2, 0.25) is 0 Å². The number of carbonyl (C=O) groups is 4. The van der Waals surface area contributed by atoms with Gasteiger partial charge in [0.15, 0.2) is 0 Å². The van der Waals surface area contributed by atoms with Gasteiger partial charge >= 0.3 is 18.1 Å². The third kappa shape index (κ3) is 11.7. The average molecular weight is 815 g/mol. The van der Waals surface area contributed by atoms with Gasteiger partial charge in [-0.25, -0.2) is 18.8 Å². The largest absolute Gasteiger partial charge is 0.477 e. The Hall–Kier alpha value is -6.16. The molecule has 7 N–H and O–H groups in total. The molecule has 2 heterocycles. The first-order valence-electron chi connectivity index (χ1n) is 19.9. The van der Waals surface area contributed by atoms with Gasteiger partial charge < -0.3 is 51.2 Å². The first-order valence-corrected chi connectivity index (χ1v) is 19.9. The van der Waals surface area contributed by atoms with Crippen molar-refractivity contribution in [3.05, 3.63) is 106 Å². The fourth-order valence-corrected chi connectivity index (χ4v) is 6.92. The zero-order valence-corrected chi connectivity index (χ0v) is 34.1. The van der Waals surface area contributed by atoms with Crippen LogP contribution in [-0.2, 0) is 22.7 Å². The third-order valence-corrected chi connectivity index (χ3v) is 10.6. The highest BCUT2D eigenvalue weighted by Gasteiger charge is 2.30. The van der Waals surface area contributed by atoms with Crippen molar-refractivity contribution in [3.8, 4) is 0 Å². The van der Waals surface area contributed by atoms with Crippen LogP contribution < -0.4 is 37.3 Å². The van der Waals surface area contributed by atoms with Gasteiger partial charge in [-0.1, -0.05) is 42.5 Å². The summed E-state index contributed by atoms with van der Waals surface area (Å²) in [5.41, 5.74) is 6.76. The van der Waals surface area contributed by atoms with Gasteiger partial charge in [-0.15, -0.1) is 0 Å². The summed E-state index contributed by atoms with van der Waals surface area (Å²) in [6.45, 7) is 10.7. The molecule has 1 aromatic heterocycles. The number of aryl methyl sites for hydroxylation is 1. The Labute approximate surface area is 343 Å². The van der Waals surface area contributed by atoms with Crippen molar-refractivity contribution < 1.29 is 33.4 Å². The normalized spacial score (nSPS) is 14.1. The maximum Gasteiger partial charge on any atom is 0.410 e. The molecule has 1 aliphatic heterocycles. The van der Waals surface area contributed by atoms with Crippen molar-refractivity contribution in [3.63, 3.8) is 0 Å². The van der Waals surface area contributed by atoms with Gasteiger partial charge in [-0.2, -0.15) is 0 Å². The minimum atomic E-state index is -1.37. The van der Waals surface area contributed by atoms with E-state index in [9.17, 15) is 29.1 Å². The molecule has 4 amide bonds. The first-order chi connectivity index (χ1) is 28.2. The molecule has 0 saturated carbocycles. The summed E-state index contributed by atoms with van der Waals surface area (Å²) >= 11 is 0. The number of fused-ring (bicyclic) bond motifs is 1. The maximum atomic E-state index is 15.3. The predicted octanol–water partition coefficient (Wildman–Crippen LogP) is 5.04. The number of urea groups is 1. The second-order valence-electron chi connectivity index (χ2n) is 15.4. The number of benzene rings is 3. The molecular formula is C43H55FN8O7. The molecule has 0 bridgehead atoms. The zero-order chi connectivity index (χ0) is 42.7. The molecule has 5 rings (SSSR count). The number of pyridine rings is 1. The number of nitrogens with one attached hydrogen (secondary N) is 4. The number of hydrogen-bond acceptors (Lipinski definition) is 9. The monoisotopic (exact) mass is 814 g/mol. The van der Waals surface area contributed by atoms with Crippen LogP contribution in [0.5, 0.6) is 0 Å². The topological polar surface area (TPSA) is 200 Å². The molecule has 1 fully saturated rings. The molecule has 0 spiro atoms. The number of rotatable bonds is 18. The van der Waals surface area contributed by atoms with E-state index in [-0.39, 0.29) is 35.7 Å². The second-order valence-corrected chi connectivity index (χ2v) is 15.4. The lowest BCUT2D eigenvalue weighted by Crippen LogP contribution is -2.49. The number of aromatic carboxylic acids is 1. The number of aromatic nitrogens is 1. The lowest BCUT2D eigenvalue weighted by atomic mass is 9.91. The molecule has 4 aromatic rings. The smallest absolute Gasteiger partial charge is 0.410 e. The van der Waals surface area contributed by atoms with E-state index in [2.05, 4.69) is 21.3 Å². The highest BCUT2D eigenvalue weighted by Crippen LogP contribution is 2.27. The third-order valence-electron chi connectivity index (χ3n) is 10.6. The summed E-state index contributed by atoms with van der Waals surface area (Å²) < 4.78 is 22.5. The minimum absolute atomic E-state index is 0.00139. The number of amides is 4. The van der Waals surface area contributed by atoms with Crippen molar-refractivity contribution in [1.29, 1.82) is 0 Å². The summed E-state index contributed by atoms with van der Waals surface area (Å²) in [4.78, 5) is 65.1. The molecule has 0 aliphatic carbocycles. The van der Waals surface area contributed by atoms with Crippen LogP contribution in [0.3, 0.4) is 0 Å². The van der Waals surface area contributed by atoms with Crippen molar-refractivity contribution >= 4 is 46.3 Å². The number of carboxylic acids is 1. The van der Waals surface area contributed by atoms with Crippen molar-refractivity contribution in [2.45, 2.75) is 65.8 Å². The van der Waals surface area contributed by atoms with E-state index in [0.717, 1.165) is 22.9 Å². The van der Waals surface area contributed by atoms with Crippen LogP contribution in [0.4, 0.5) is 25.4 Å². The number of halogens is 1. The lowest BCUT2D eigenvalue weighted by Gasteiger charge is -2.35. The fourth-order valence-electron chi connectivity index (χ4n) is 6.92. The highest BCUT2D eigenvalue weighted by molar-refractivity contribution is 5.93. The lowest BCUT2D eigenvalue weighted by molar-refractivity contribution is -0.129. The van der Waals surface area contributed by atoms with E-state index in [1.165, 1.54) is 6.20 Å². The number of nitrogens with zero attached hydrogens (tertiary/aromatic N) is 3. The Bertz CT molecular complexity index is 2160. The van der Waals surface area contributed by atoms with E-state index in [0.29, 0.717) is 70.7 Å². The minimum Gasteiger partial charge on any atom is -0.477 e. The molecule has 0 unspecified atom stereocenters. The molecule has 0 radical (unpaired) electrons. The number of anilines is 2. The SMILES string of the molecule is CCn1cc(C(=O)O)c(=O)c2cc(F)c(N3CCN(C(=O)OCc4ccc(NC[C@@H](CCCNC(N)=O)NCC(C)(C)C(=O)N[C@H](C)c5ccccc5)cc4)CC3)cc21. The Morgan fingerprint density at radius 3 is 2.34 bits per heavy atom. The number of nitrogens with two attached hydrogens (primary N) is 1. The highest BCUT2D eigenvalue weighted by atomic mass is 19.1. The fraction of sp³-hybridized carbons (Fsp3) is 0.419. The quantitative estimate of drug-likeness (QED) is 0.0740. The first kappa shape index (κ1) is 44.0. The Balaban J connectivity index is 1.10. The standard InChI is InChI=1S/C43H55FN8O7/c1-5-50-25-34(39(54)55)38(53)33-22-35(44)37(23-36(33)50)51-18-20-52(21-19-51)42(58)59-26-29-13-15-31(16-14-29)47-24-32(12-9-17-46-41(45)57)48-27-43(3,4)40(56)49-28(2)30-10-7-6-8-11-30/h6-8,10-11,13-16,22-23,25,28,32,47-48H,5,9,12,17-21,24,26-27H2,1-4H3,(H,49,56)(H,54,55)(H3,45,46,57)/t28-,32-/m1/s1. The maximum absolute atomic E-state index is 15.3. The molecule has 1 aliphatic rings. The van der Waals surface area contributed by atoms with E-state index >= 15 is 4.39 Å². The van der Waals surface area contributed by atoms with Crippen LogP contribution in [0.15, 0.2) is 77.7 Å². The number of carboxylic acid groups (broad SMARTS) is 1. The van der Waals surface area contributed by atoms with E-state index in [1.54, 1.807) is 20.4 Å². The summed E-state index contributed by atoms with van der Waals surface area (Å²) in [5.74, 6) is -2.08. The van der Waals surface area contributed by atoms with Crippen LogP contribution >= 0.6 is 0 Å². The van der Waals surface area contributed by atoms with Gasteiger partial charge in [0, 0.05) is 75.7 Å². The zero-order valence-electron chi connectivity index (χ0n) is 34.1. The molecule has 1 saturated heterocycles. The molecule has 16 heteroatoms. The van der Waals surface area contributed by atoms with Crippen LogP contribution in [0.1, 0.15) is 68.1 Å². The van der Waals surface area contributed by atoms with Crippen molar-refractivity contribution in [1.82, 2.24) is 25.4 Å². The summed E-state index contributed by atoms with van der Waals surface area (Å²) in [6, 6.07) is 19.2. The number of carbonyl (C=O) groups excluding carboxylic acids is 3. The van der Waals surface area contributed by atoms with E-state index < -0.39 is 40.3 Å².